The molecule has 1 heterocycles. The van der Waals surface area contributed by atoms with Crippen molar-refractivity contribution in [3.05, 3.63) is 52.2 Å². The van der Waals surface area contributed by atoms with Crippen LogP contribution in [0.15, 0.2) is 41.8 Å². The highest BCUT2D eigenvalue weighted by atomic mass is 32.1. The van der Waals surface area contributed by atoms with Crippen molar-refractivity contribution in [2.24, 2.45) is 0 Å². The molecule has 2 rings (SSSR count). The summed E-state index contributed by atoms with van der Waals surface area (Å²) < 4.78 is 0. The van der Waals surface area contributed by atoms with Crippen LogP contribution in [0.5, 0.6) is 0 Å². The minimum absolute atomic E-state index is 0.115. The minimum Gasteiger partial charge on any atom is -0.350 e. The molecule has 7 heteroatoms. The Balaban J connectivity index is 2.13. The maximum atomic E-state index is 12.8. The monoisotopic (exact) mass is 387 g/mol. The topological polar surface area (TPSA) is 78.5 Å². The molecule has 27 heavy (non-hydrogen) atoms. The lowest BCUT2D eigenvalue weighted by Crippen LogP contribution is -2.49. The van der Waals surface area contributed by atoms with Gasteiger partial charge in [-0.15, -0.1) is 11.3 Å². The summed E-state index contributed by atoms with van der Waals surface area (Å²) in [6.45, 7) is 7.22. The first-order chi connectivity index (χ1) is 12.7. The van der Waals surface area contributed by atoms with E-state index >= 15 is 0 Å². The summed E-state index contributed by atoms with van der Waals surface area (Å²) >= 11 is 1.31. The van der Waals surface area contributed by atoms with Crippen molar-refractivity contribution in [2.75, 3.05) is 18.0 Å². The normalized spacial score (nSPS) is 11.0. The predicted molar refractivity (Wildman–Crippen MR) is 108 cm³/mol. The van der Waals surface area contributed by atoms with Crippen LogP contribution in [0.2, 0.25) is 0 Å². The molecule has 6 nitrogen and oxygen atoms in total. The van der Waals surface area contributed by atoms with E-state index in [9.17, 15) is 14.4 Å². The largest absolute Gasteiger partial charge is 0.350 e. The lowest BCUT2D eigenvalue weighted by Gasteiger charge is -2.27. The van der Waals surface area contributed by atoms with Crippen LogP contribution in [0.25, 0.3) is 0 Å². The number of carbonyl (C=O) groups excluding carboxylic acids is 3. The smallest absolute Gasteiger partial charge is 0.261 e. The zero-order valence-corrected chi connectivity index (χ0v) is 16.9. The van der Waals surface area contributed by atoms with Crippen molar-refractivity contribution in [2.45, 2.75) is 33.2 Å². The van der Waals surface area contributed by atoms with Gasteiger partial charge in [0.25, 0.3) is 5.91 Å². The van der Waals surface area contributed by atoms with E-state index in [0.717, 1.165) is 5.56 Å². The zero-order chi connectivity index (χ0) is 20.0. The van der Waals surface area contributed by atoms with E-state index in [1.54, 1.807) is 23.6 Å². The van der Waals surface area contributed by atoms with Gasteiger partial charge in [0, 0.05) is 11.2 Å². The third-order valence-corrected chi connectivity index (χ3v) is 4.54. The molecule has 2 N–H and O–H groups in total. The Morgan fingerprint density at radius 3 is 2.37 bits per heavy atom. The molecule has 0 aliphatic carbocycles. The number of aryl methyl sites for hydroxylation is 1. The van der Waals surface area contributed by atoms with Gasteiger partial charge in [0.2, 0.25) is 11.8 Å². The number of rotatable bonds is 6. The molecule has 1 aromatic heterocycles. The molecule has 0 radical (unpaired) electrons. The van der Waals surface area contributed by atoms with Gasteiger partial charge < -0.3 is 15.5 Å². The molecule has 0 saturated heterocycles. The van der Waals surface area contributed by atoms with E-state index in [-0.39, 0.29) is 30.8 Å². The van der Waals surface area contributed by atoms with Crippen molar-refractivity contribution in [3.8, 4) is 0 Å². The van der Waals surface area contributed by atoms with E-state index in [0.29, 0.717) is 10.6 Å². The third kappa shape index (κ3) is 6.21. The quantitative estimate of drug-likeness (QED) is 0.800. The van der Waals surface area contributed by atoms with E-state index in [4.69, 9.17) is 0 Å². The Bertz CT molecular complexity index is 810. The lowest BCUT2D eigenvalue weighted by atomic mass is 10.1. The third-order valence-electron chi connectivity index (χ3n) is 3.67. The summed E-state index contributed by atoms with van der Waals surface area (Å²) in [5, 5.41) is 7.29. The Kier molecular flexibility index (Phi) is 6.74. The van der Waals surface area contributed by atoms with Crippen molar-refractivity contribution in [1.82, 2.24) is 10.6 Å². The maximum absolute atomic E-state index is 12.8. The summed E-state index contributed by atoms with van der Waals surface area (Å²) in [5.41, 5.74) is 1.13. The van der Waals surface area contributed by atoms with Crippen LogP contribution < -0.4 is 15.5 Å². The molecular formula is C20H25N3O3S. The van der Waals surface area contributed by atoms with Gasteiger partial charge in [-0.05, 0) is 50.8 Å². The Hall–Kier alpha value is -2.67. The van der Waals surface area contributed by atoms with Crippen LogP contribution >= 0.6 is 11.3 Å². The van der Waals surface area contributed by atoms with E-state index < -0.39 is 5.54 Å². The van der Waals surface area contributed by atoms with Gasteiger partial charge in [-0.25, -0.2) is 0 Å². The van der Waals surface area contributed by atoms with Crippen LogP contribution in [0.4, 0.5) is 5.69 Å². The molecule has 3 amide bonds. The summed E-state index contributed by atoms with van der Waals surface area (Å²) in [4.78, 5) is 39.2. The first kappa shape index (κ1) is 20.6. The fourth-order valence-corrected chi connectivity index (χ4v) is 3.16. The predicted octanol–water partition coefficient (Wildman–Crippen LogP) is 2.73. The number of nitrogens with zero attached hydrogens (tertiary/aromatic N) is 1. The fourth-order valence-electron chi connectivity index (χ4n) is 2.52. The molecular weight excluding hydrogens is 362 g/mol. The first-order valence-electron chi connectivity index (χ1n) is 8.66. The number of carbonyl (C=O) groups is 3. The number of anilines is 1. The average Bonchev–Trinajstić information content (AvgIpc) is 3.11. The van der Waals surface area contributed by atoms with E-state index in [1.807, 2.05) is 45.9 Å². The molecule has 0 aliphatic rings. The highest BCUT2D eigenvalue weighted by molar-refractivity contribution is 7.12. The van der Waals surface area contributed by atoms with Crippen molar-refractivity contribution in [3.63, 3.8) is 0 Å². The second-order valence-corrected chi connectivity index (χ2v) is 8.17. The molecule has 0 atom stereocenters. The van der Waals surface area contributed by atoms with E-state index in [2.05, 4.69) is 10.6 Å². The van der Waals surface area contributed by atoms with Gasteiger partial charge in [0.1, 0.15) is 6.54 Å². The lowest BCUT2D eigenvalue weighted by molar-refractivity contribution is -0.124. The molecule has 144 valence electrons. The molecule has 0 saturated carbocycles. The highest BCUT2D eigenvalue weighted by Gasteiger charge is 2.23. The SMILES string of the molecule is Cc1ccccc1N(CC(=O)NC(C)(C)C)C(=O)CNC(=O)c1cccs1. The number of hydrogen-bond acceptors (Lipinski definition) is 4. The Labute approximate surface area is 163 Å². The second-order valence-electron chi connectivity index (χ2n) is 7.22. The maximum Gasteiger partial charge on any atom is 0.261 e. The van der Waals surface area contributed by atoms with Gasteiger partial charge in [0.05, 0.1) is 11.4 Å². The summed E-state index contributed by atoms with van der Waals surface area (Å²) in [6.07, 6.45) is 0. The molecule has 0 fully saturated rings. The Morgan fingerprint density at radius 2 is 1.78 bits per heavy atom. The highest BCUT2D eigenvalue weighted by Crippen LogP contribution is 2.19. The summed E-state index contributed by atoms with van der Waals surface area (Å²) in [5.74, 6) is -0.913. The molecule has 0 unspecified atom stereocenters. The molecule has 0 spiro atoms. The molecule has 0 bridgehead atoms. The van der Waals surface area contributed by atoms with Crippen molar-refractivity contribution >= 4 is 34.7 Å². The van der Waals surface area contributed by atoms with E-state index in [1.165, 1.54) is 16.2 Å². The fraction of sp³-hybridized carbons (Fsp3) is 0.350. The number of hydrogen-bond donors (Lipinski definition) is 2. The first-order valence-corrected chi connectivity index (χ1v) is 9.54. The van der Waals surface area contributed by atoms with Crippen LogP contribution in [0, 0.1) is 6.92 Å². The zero-order valence-electron chi connectivity index (χ0n) is 16.0. The number of nitrogens with one attached hydrogen (secondary N) is 2. The van der Waals surface area contributed by atoms with Gasteiger partial charge >= 0.3 is 0 Å². The van der Waals surface area contributed by atoms with Crippen LogP contribution in [-0.4, -0.2) is 36.3 Å². The second kappa shape index (κ2) is 8.81. The van der Waals surface area contributed by atoms with Gasteiger partial charge in [-0.2, -0.15) is 0 Å². The Morgan fingerprint density at radius 1 is 1.07 bits per heavy atom. The molecule has 2 aromatic rings. The number of benzene rings is 1. The van der Waals surface area contributed by atoms with Gasteiger partial charge in [-0.3, -0.25) is 14.4 Å². The molecule has 0 aliphatic heterocycles. The van der Waals surface area contributed by atoms with Crippen LogP contribution in [-0.2, 0) is 9.59 Å². The average molecular weight is 388 g/mol. The number of thiophene rings is 1. The van der Waals surface area contributed by atoms with Gasteiger partial charge in [0.15, 0.2) is 0 Å². The number of amides is 3. The van der Waals surface area contributed by atoms with Crippen molar-refractivity contribution < 1.29 is 14.4 Å². The summed E-state index contributed by atoms with van der Waals surface area (Å²) in [7, 11) is 0. The molecule has 1 aromatic carbocycles. The van der Waals surface area contributed by atoms with Crippen LogP contribution in [0.3, 0.4) is 0 Å². The van der Waals surface area contributed by atoms with Gasteiger partial charge in [-0.1, -0.05) is 24.3 Å². The number of para-hydroxylation sites is 1. The van der Waals surface area contributed by atoms with Crippen molar-refractivity contribution in [1.29, 1.82) is 0 Å². The van der Waals surface area contributed by atoms with Crippen LogP contribution in [0.1, 0.15) is 36.0 Å². The minimum atomic E-state index is -0.398. The summed E-state index contributed by atoms with van der Waals surface area (Å²) in [6, 6.07) is 10.8. The standard InChI is InChI=1S/C20H25N3O3S/c1-14-8-5-6-9-15(14)23(13-17(24)22-20(2,3)4)18(25)12-21-19(26)16-10-7-11-27-16/h5-11H,12-13H2,1-4H3,(H,21,26)(H,22,24).